The summed E-state index contributed by atoms with van der Waals surface area (Å²) in [6.07, 6.45) is 1.91. The normalized spacial score (nSPS) is 17.3. The first-order valence-electron chi connectivity index (χ1n) is 5.90. The predicted octanol–water partition coefficient (Wildman–Crippen LogP) is 3.49. The number of carbonyl (C=O) groups is 1. The summed E-state index contributed by atoms with van der Waals surface area (Å²) in [5.74, 6) is -0.122. The molecular weight excluding hydrogens is 269 g/mol. The molecule has 1 aliphatic rings. The Labute approximate surface area is 117 Å². The number of carbonyl (C=O) groups excluding carboxylic acids is 1. The van der Waals surface area contributed by atoms with Gasteiger partial charge < -0.3 is 4.90 Å². The van der Waals surface area contributed by atoms with Gasteiger partial charge in [0, 0.05) is 5.03 Å². The van der Waals surface area contributed by atoms with E-state index in [9.17, 15) is 4.79 Å². The lowest BCUT2D eigenvalue weighted by molar-refractivity contribution is -0.130. The van der Waals surface area contributed by atoms with E-state index in [1.807, 2.05) is 12.1 Å². The highest BCUT2D eigenvalue weighted by Crippen LogP contribution is 2.36. The zero-order valence-corrected chi connectivity index (χ0v) is 11.5. The second-order valence-corrected chi connectivity index (χ2v) is 5.23. The molecule has 1 aromatic rings. The molecule has 0 saturated heterocycles. The van der Waals surface area contributed by atoms with Crippen molar-refractivity contribution in [2.45, 2.75) is 18.9 Å². The molecule has 0 radical (unpaired) electrons. The van der Waals surface area contributed by atoms with Crippen LogP contribution in [0, 0.1) is 0 Å². The fraction of sp³-hybridized carbons (Fsp3) is 0.357. The van der Waals surface area contributed by atoms with Crippen LogP contribution in [0.5, 0.6) is 0 Å². The minimum atomic E-state index is -0.0971. The quantitative estimate of drug-likeness (QED) is 0.775. The van der Waals surface area contributed by atoms with E-state index in [1.165, 1.54) is 11.1 Å². The van der Waals surface area contributed by atoms with Crippen LogP contribution in [0.25, 0.3) is 0 Å². The average Bonchev–Trinajstić information content (AvgIpc) is 2.78. The predicted molar refractivity (Wildman–Crippen MR) is 74.9 cm³/mol. The molecule has 0 N–H and O–H groups in total. The van der Waals surface area contributed by atoms with Crippen LogP contribution < -0.4 is 0 Å². The molecule has 0 bridgehead atoms. The van der Waals surface area contributed by atoms with Gasteiger partial charge in [-0.15, -0.1) is 11.6 Å². The van der Waals surface area contributed by atoms with Crippen molar-refractivity contribution in [2.75, 3.05) is 12.4 Å². The largest absolute Gasteiger partial charge is 0.329 e. The van der Waals surface area contributed by atoms with Crippen molar-refractivity contribution < 1.29 is 4.79 Å². The molecule has 1 amide bonds. The van der Waals surface area contributed by atoms with Crippen LogP contribution in [0.1, 0.15) is 23.6 Å². The van der Waals surface area contributed by atoms with Crippen LogP contribution in [0.4, 0.5) is 0 Å². The van der Waals surface area contributed by atoms with E-state index in [0.717, 1.165) is 12.8 Å². The molecule has 4 heteroatoms. The number of rotatable bonds is 4. The van der Waals surface area contributed by atoms with E-state index in [1.54, 1.807) is 4.90 Å². The highest BCUT2D eigenvalue weighted by atomic mass is 35.5. The second kappa shape index (κ2) is 5.77. The summed E-state index contributed by atoms with van der Waals surface area (Å²) in [6, 6.07) is 8.26. The van der Waals surface area contributed by atoms with Crippen molar-refractivity contribution in [3.05, 3.63) is 47.0 Å². The summed E-state index contributed by atoms with van der Waals surface area (Å²) in [6.45, 7) is 4.02. The van der Waals surface area contributed by atoms with Gasteiger partial charge in [0.1, 0.15) is 5.88 Å². The first-order valence-corrected chi connectivity index (χ1v) is 6.81. The number of aryl methyl sites for hydroxylation is 1. The van der Waals surface area contributed by atoms with Crippen LogP contribution in [-0.4, -0.2) is 23.2 Å². The smallest absolute Gasteiger partial charge is 0.238 e. The zero-order chi connectivity index (χ0) is 13.1. The Hall–Kier alpha value is -0.990. The Kier molecular flexibility index (Phi) is 4.31. The van der Waals surface area contributed by atoms with Gasteiger partial charge in [0.05, 0.1) is 12.6 Å². The van der Waals surface area contributed by atoms with Crippen molar-refractivity contribution in [3.63, 3.8) is 0 Å². The van der Waals surface area contributed by atoms with E-state index in [0.29, 0.717) is 11.6 Å². The molecule has 1 atom stereocenters. The molecule has 96 valence electrons. The SMILES string of the molecule is C=C(Cl)CN(C(=O)CCl)C1CCc2ccccc21. The maximum absolute atomic E-state index is 11.9. The number of hydrogen-bond donors (Lipinski definition) is 0. The molecule has 0 saturated carbocycles. The van der Waals surface area contributed by atoms with Crippen molar-refractivity contribution in [3.8, 4) is 0 Å². The third-order valence-corrected chi connectivity index (χ3v) is 3.60. The van der Waals surface area contributed by atoms with Gasteiger partial charge >= 0.3 is 0 Å². The third kappa shape index (κ3) is 2.70. The molecule has 0 aliphatic heterocycles. The highest BCUT2D eigenvalue weighted by Gasteiger charge is 2.30. The van der Waals surface area contributed by atoms with Crippen molar-refractivity contribution in [1.82, 2.24) is 4.90 Å². The molecule has 2 rings (SSSR count). The third-order valence-electron chi connectivity index (χ3n) is 3.25. The highest BCUT2D eigenvalue weighted by molar-refractivity contribution is 6.30. The van der Waals surface area contributed by atoms with Crippen LogP contribution in [0.2, 0.25) is 0 Å². The number of amides is 1. The van der Waals surface area contributed by atoms with Gasteiger partial charge in [-0.2, -0.15) is 0 Å². The minimum Gasteiger partial charge on any atom is -0.329 e. The molecule has 0 fully saturated rings. The van der Waals surface area contributed by atoms with Gasteiger partial charge in [-0.05, 0) is 24.0 Å². The van der Waals surface area contributed by atoms with E-state index >= 15 is 0 Å². The minimum absolute atomic E-state index is 0.0250. The molecule has 0 aromatic heterocycles. The van der Waals surface area contributed by atoms with Gasteiger partial charge in [-0.3, -0.25) is 4.79 Å². The number of fused-ring (bicyclic) bond motifs is 1. The standard InChI is InChI=1S/C14H15Cl2NO/c1-10(16)9-17(14(18)8-15)13-7-6-11-4-2-3-5-12(11)13/h2-5,13H,1,6-9H2. The lowest BCUT2D eigenvalue weighted by Crippen LogP contribution is -2.35. The molecule has 18 heavy (non-hydrogen) atoms. The average molecular weight is 284 g/mol. The molecule has 0 spiro atoms. The Morgan fingerprint density at radius 2 is 2.17 bits per heavy atom. The Balaban J connectivity index is 2.27. The molecule has 0 heterocycles. The second-order valence-electron chi connectivity index (χ2n) is 4.43. The first kappa shape index (κ1) is 13.4. The molecule has 1 unspecified atom stereocenters. The Morgan fingerprint density at radius 1 is 1.44 bits per heavy atom. The number of hydrogen-bond acceptors (Lipinski definition) is 1. The Bertz CT molecular complexity index is 473. The summed E-state index contributed by atoms with van der Waals surface area (Å²) in [7, 11) is 0. The Morgan fingerprint density at radius 3 is 2.83 bits per heavy atom. The lowest BCUT2D eigenvalue weighted by atomic mass is 10.1. The zero-order valence-electron chi connectivity index (χ0n) is 10.0. The maximum Gasteiger partial charge on any atom is 0.238 e. The van der Waals surface area contributed by atoms with Crippen LogP contribution in [-0.2, 0) is 11.2 Å². The summed E-state index contributed by atoms with van der Waals surface area (Å²) in [5.41, 5.74) is 2.50. The van der Waals surface area contributed by atoms with Gasteiger partial charge in [-0.25, -0.2) is 0 Å². The van der Waals surface area contributed by atoms with E-state index in [2.05, 4.69) is 18.7 Å². The fourth-order valence-corrected chi connectivity index (χ4v) is 2.77. The number of benzene rings is 1. The van der Waals surface area contributed by atoms with Crippen LogP contribution in [0.3, 0.4) is 0 Å². The van der Waals surface area contributed by atoms with Gasteiger partial charge in [-0.1, -0.05) is 42.4 Å². The monoisotopic (exact) mass is 283 g/mol. The summed E-state index contributed by atoms with van der Waals surface area (Å²) >= 11 is 11.5. The van der Waals surface area contributed by atoms with Gasteiger partial charge in [0.15, 0.2) is 0 Å². The number of alkyl halides is 1. The van der Waals surface area contributed by atoms with Crippen LogP contribution in [0.15, 0.2) is 35.9 Å². The molecule has 1 aromatic carbocycles. The fourth-order valence-electron chi connectivity index (χ4n) is 2.49. The number of halogens is 2. The lowest BCUT2D eigenvalue weighted by Gasteiger charge is -2.29. The maximum atomic E-state index is 11.9. The van der Waals surface area contributed by atoms with Crippen molar-refractivity contribution in [2.24, 2.45) is 0 Å². The summed E-state index contributed by atoms with van der Waals surface area (Å²) < 4.78 is 0. The molecular formula is C14H15Cl2NO. The van der Waals surface area contributed by atoms with Gasteiger partial charge in [0.25, 0.3) is 0 Å². The van der Waals surface area contributed by atoms with E-state index in [4.69, 9.17) is 23.2 Å². The van der Waals surface area contributed by atoms with Gasteiger partial charge in [0.2, 0.25) is 5.91 Å². The topological polar surface area (TPSA) is 20.3 Å². The molecule has 2 nitrogen and oxygen atoms in total. The summed E-state index contributed by atoms with van der Waals surface area (Å²) in [4.78, 5) is 13.7. The van der Waals surface area contributed by atoms with Crippen LogP contribution >= 0.6 is 23.2 Å². The van der Waals surface area contributed by atoms with E-state index < -0.39 is 0 Å². The van der Waals surface area contributed by atoms with Crippen molar-refractivity contribution >= 4 is 29.1 Å². The summed E-state index contributed by atoms with van der Waals surface area (Å²) in [5, 5.41) is 0.456. The first-order chi connectivity index (χ1) is 8.63. The number of nitrogens with zero attached hydrogens (tertiary/aromatic N) is 1. The van der Waals surface area contributed by atoms with Crippen molar-refractivity contribution in [1.29, 1.82) is 0 Å². The molecule has 1 aliphatic carbocycles. The van der Waals surface area contributed by atoms with E-state index in [-0.39, 0.29) is 17.8 Å².